The molecule has 1 aliphatic heterocycles. The molecule has 3 rings (SSSR count). The van der Waals surface area contributed by atoms with E-state index in [1.807, 2.05) is 48.5 Å². The number of nitrogens with one attached hydrogen (secondary N) is 1. The first-order chi connectivity index (χ1) is 12.1. The maximum absolute atomic E-state index is 11.7. The van der Waals surface area contributed by atoms with Gasteiger partial charge in [-0.05, 0) is 41.8 Å². The molecule has 1 amide bonds. The Bertz CT molecular complexity index is 720. The van der Waals surface area contributed by atoms with E-state index in [-0.39, 0.29) is 11.2 Å². The van der Waals surface area contributed by atoms with Gasteiger partial charge in [-0.3, -0.25) is 4.79 Å². The second-order valence-electron chi connectivity index (χ2n) is 5.78. The summed E-state index contributed by atoms with van der Waals surface area (Å²) in [5.41, 5.74) is 1.41. The van der Waals surface area contributed by atoms with Gasteiger partial charge in [-0.25, -0.2) is 0 Å². The number of aliphatic hydroxyl groups is 1. The van der Waals surface area contributed by atoms with E-state index in [0.29, 0.717) is 13.0 Å². The average Bonchev–Trinajstić information content (AvgIpc) is 2.94. The van der Waals surface area contributed by atoms with Crippen LogP contribution in [0.3, 0.4) is 0 Å². The lowest BCUT2D eigenvalue weighted by Gasteiger charge is -2.09. The number of hydrogen-bond donors (Lipinski definition) is 2. The van der Waals surface area contributed by atoms with E-state index >= 15 is 0 Å². The second-order valence-corrected chi connectivity index (χ2v) is 7.07. The highest BCUT2D eigenvalue weighted by Gasteiger charge is 2.31. The summed E-state index contributed by atoms with van der Waals surface area (Å²) in [5, 5.41) is 11.7. The molecule has 0 aliphatic carbocycles. The number of benzene rings is 2. The largest absolute Gasteiger partial charge is 0.497 e. The third-order valence-electron chi connectivity index (χ3n) is 3.99. The minimum Gasteiger partial charge on any atom is -0.497 e. The number of aliphatic hydroxyl groups excluding tert-OH is 1. The fourth-order valence-corrected chi connectivity index (χ4v) is 3.63. The van der Waals surface area contributed by atoms with Gasteiger partial charge in [0.1, 0.15) is 11.5 Å². The van der Waals surface area contributed by atoms with Crippen molar-refractivity contribution in [3.05, 3.63) is 59.7 Å². The van der Waals surface area contributed by atoms with Crippen molar-refractivity contribution < 1.29 is 19.4 Å². The summed E-state index contributed by atoms with van der Waals surface area (Å²) in [6.45, 7) is 0.583. The molecule has 1 saturated heterocycles. The number of amides is 1. The third-order valence-corrected chi connectivity index (χ3v) is 5.07. The summed E-state index contributed by atoms with van der Waals surface area (Å²) in [5.74, 6) is 1.53. The lowest BCUT2D eigenvalue weighted by atomic mass is 10.1. The first-order valence-electron chi connectivity index (χ1n) is 8.12. The van der Waals surface area contributed by atoms with Crippen molar-refractivity contribution in [2.24, 2.45) is 0 Å². The molecule has 5 nitrogen and oxygen atoms in total. The summed E-state index contributed by atoms with van der Waals surface area (Å²) in [6.07, 6.45) is 1.40. The van der Waals surface area contributed by atoms with Crippen LogP contribution in [-0.4, -0.2) is 35.5 Å². The van der Waals surface area contributed by atoms with Crippen LogP contribution in [0.1, 0.15) is 11.1 Å². The Morgan fingerprint density at radius 3 is 2.60 bits per heavy atom. The molecule has 2 aromatic rings. The molecule has 132 valence electrons. The molecule has 0 spiro atoms. The van der Waals surface area contributed by atoms with E-state index in [4.69, 9.17) is 9.47 Å². The monoisotopic (exact) mass is 359 g/mol. The Morgan fingerprint density at radius 2 is 1.92 bits per heavy atom. The Kier molecular flexibility index (Phi) is 5.83. The zero-order valence-electron chi connectivity index (χ0n) is 14.0. The molecule has 1 aliphatic rings. The first kappa shape index (κ1) is 17.6. The Morgan fingerprint density at radius 1 is 1.12 bits per heavy atom. The second kappa shape index (κ2) is 8.27. The Hall–Kier alpha value is -2.18. The quantitative estimate of drug-likeness (QED) is 0.794. The summed E-state index contributed by atoms with van der Waals surface area (Å²) in [6, 6.07) is 15.7. The van der Waals surface area contributed by atoms with E-state index in [1.54, 1.807) is 7.11 Å². The molecule has 0 saturated carbocycles. The molecular formula is C19H21NO4S. The van der Waals surface area contributed by atoms with Crippen molar-refractivity contribution in [1.29, 1.82) is 0 Å². The van der Waals surface area contributed by atoms with Crippen molar-refractivity contribution in [3.8, 4) is 11.5 Å². The number of hydrogen-bond acceptors (Lipinski definition) is 5. The van der Waals surface area contributed by atoms with Gasteiger partial charge in [-0.1, -0.05) is 36.0 Å². The third kappa shape index (κ3) is 4.90. The number of thioether (sulfide) groups is 1. The highest BCUT2D eigenvalue weighted by molar-refractivity contribution is 8.01. The highest BCUT2D eigenvalue weighted by Crippen LogP contribution is 2.25. The zero-order chi connectivity index (χ0) is 17.6. The average molecular weight is 359 g/mol. The van der Waals surface area contributed by atoms with Gasteiger partial charge in [0.25, 0.3) is 0 Å². The number of rotatable bonds is 7. The standard InChI is InChI=1S/C19H21NO4S/c1-23-16-4-2-3-13(11-16)9-10-24-15-7-5-14(6-8-15)12-17-18(21)20-19(22)25-17/h2-8,11,17,19,22H,9-10,12H2,1H3,(H,20,21). The van der Waals surface area contributed by atoms with Crippen molar-refractivity contribution in [2.45, 2.75) is 23.7 Å². The lowest BCUT2D eigenvalue weighted by molar-refractivity contribution is -0.121. The molecule has 2 N–H and O–H groups in total. The number of carbonyl (C=O) groups is 1. The number of methoxy groups -OCH3 is 1. The van der Waals surface area contributed by atoms with E-state index in [9.17, 15) is 9.90 Å². The number of ether oxygens (including phenoxy) is 2. The van der Waals surface area contributed by atoms with Crippen molar-refractivity contribution in [2.75, 3.05) is 13.7 Å². The first-order valence-corrected chi connectivity index (χ1v) is 9.07. The number of carbonyl (C=O) groups excluding carboxylic acids is 1. The Balaban J connectivity index is 1.48. The minimum absolute atomic E-state index is 0.115. The van der Waals surface area contributed by atoms with Crippen molar-refractivity contribution in [1.82, 2.24) is 5.32 Å². The molecule has 0 aromatic heterocycles. The molecule has 2 aromatic carbocycles. The van der Waals surface area contributed by atoms with Gasteiger partial charge in [-0.15, -0.1) is 0 Å². The van der Waals surface area contributed by atoms with Gasteiger partial charge in [0.05, 0.1) is 19.0 Å². The maximum atomic E-state index is 11.7. The highest BCUT2D eigenvalue weighted by atomic mass is 32.2. The smallest absolute Gasteiger partial charge is 0.236 e. The lowest BCUT2D eigenvalue weighted by Crippen LogP contribution is -2.27. The molecule has 0 radical (unpaired) electrons. The molecule has 1 heterocycles. The van der Waals surface area contributed by atoms with E-state index in [1.165, 1.54) is 17.3 Å². The normalized spacial score (nSPS) is 19.5. The summed E-state index contributed by atoms with van der Waals surface area (Å²) in [7, 11) is 1.66. The predicted octanol–water partition coefficient (Wildman–Crippen LogP) is 2.37. The Labute approximate surface area is 151 Å². The van der Waals surface area contributed by atoms with Crippen LogP contribution in [0.4, 0.5) is 0 Å². The molecule has 6 heteroatoms. The van der Waals surface area contributed by atoms with Crippen LogP contribution in [0, 0.1) is 0 Å². The molecule has 2 unspecified atom stereocenters. The fourth-order valence-electron chi connectivity index (χ4n) is 2.66. The van der Waals surface area contributed by atoms with E-state index in [2.05, 4.69) is 5.32 Å². The summed E-state index contributed by atoms with van der Waals surface area (Å²) in [4.78, 5) is 11.7. The zero-order valence-corrected chi connectivity index (χ0v) is 14.8. The molecule has 25 heavy (non-hydrogen) atoms. The van der Waals surface area contributed by atoms with Crippen LogP contribution >= 0.6 is 11.8 Å². The fraction of sp³-hybridized carbons (Fsp3) is 0.316. The minimum atomic E-state index is -0.795. The van der Waals surface area contributed by atoms with E-state index < -0.39 is 5.56 Å². The topological polar surface area (TPSA) is 67.8 Å². The SMILES string of the molecule is COc1cccc(CCOc2ccc(CC3SC(O)NC3=O)cc2)c1. The van der Waals surface area contributed by atoms with Gasteiger partial charge >= 0.3 is 0 Å². The van der Waals surface area contributed by atoms with Crippen molar-refractivity contribution >= 4 is 17.7 Å². The van der Waals surface area contributed by atoms with Gasteiger partial charge in [0, 0.05) is 6.42 Å². The summed E-state index contributed by atoms with van der Waals surface area (Å²) >= 11 is 1.24. The molecular weight excluding hydrogens is 338 g/mol. The summed E-state index contributed by atoms with van der Waals surface area (Å²) < 4.78 is 11.0. The van der Waals surface area contributed by atoms with Crippen LogP contribution in [0.5, 0.6) is 11.5 Å². The van der Waals surface area contributed by atoms with Crippen LogP contribution in [-0.2, 0) is 17.6 Å². The van der Waals surface area contributed by atoms with Gasteiger partial charge in [0.15, 0.2) is 5.56 Å². The van der Waals surface area contributed by atoms with E-state index in [0.717, 1.165) is 23.5 Å². The van der Waals surface area contributed by atoms with Crippen molar-refractivity contribution in [3.63, 3.8) is 0 Å². The maximum Gasteiger partial charge on any atom is 0.236 e. The van der Waals surface area contributed by atoms with Crippen LogP contribution in [0.25, 0.3) is 0 Å². The van der Waals surface area contributed by atoms with Gasteiger partial charge < -0.3 is 19.9 Å². The van der Waals surface area contributed by atoms with Gasteiger partial charge in [0.2, 0.25) is 5.91 Å². The predicted molar refractivity (Wildman–Crippen MR) is 97.9 cm³/mol. The van der Waals surface area contributed by atoms with Gasteiger partial charge in [-0.2, -0.15) is 0 Å². The van der Waals surface area contributed by atoms with Crippen LogP contribution in [0.15, 0.2) is 48.5 Å². The van der Waals surface area contributed by atoms with Crippen LogP contribution in [0.2, 0.25) is 0 Å². The van der Waals surface area contributed by atoms with Crippen LogP contribution < -0.4 is 14.8 Å². The molecule has 1 fully saturated rings. The molecule has 2 atom stereocenters. The molecule has 0 bridgehead atoms.